The molecular formula is C23H20Cl2N6O4. The normalized spacial score (nSPS) is 21.7. The molecule has 35 heavy (non-hydrogen) atoms. The first-order valence-electron chi connectivity index (χ1n) is 10.7. The summed E-state index contributed by atoms with van der Waals surface area (Å²) in [6.07, 6.45) is 0.317. The third kappa shape index (κ3) is 4.55. The van der Waals surface area contributed by atoms with Crippen LogP contribution >= 0.6 is 23.2 Å². The molecule has 1 aromatic heterocycles. The minimum atomic E-state index is -1.38. The van der Waals surface area contributed by atoms with E-state index in [2.05, 4.69) is 32.7 Å². The number of aliphatic hydroxyl groups excluding tert-OH is 1. The van der Waals surface area contributed by atoms with Gasteiger partial charge in [-0.15, -0.1) is 10.2 Å². The minimum absolute atomic E-state index is 0.0718. The van der Waals surface area contributed by atoms with E-state index >= 15 is 0 Å². The van der Waals surface area contributed by atoms with Gasteiger partial charge in [0.1, 0.15) is 0 Å². The highest BCUT2D eigenvalue weighted by atomic mass is 35.5. The lowest BCUT2D eigenvalue weighted by molar-refractivity contribution is 0.188. The van der Waals surface area contributed by atoms with Crippen molar-refractivity contribution in [3.8, 4) is 11.6 Å². The number of nitrogens with zero attached hydrogens (tertiary/aromatic N) is 3. The van der Waals surface area contributed by atoms with Crippen molar-refractivity contribution >= 4 is 40.8 Å². The van der Waals surface area contributed by atoms with Crippen molar-refractivity contribution in [2.24, 2.45) is 10.8 Å². The van der Waals surface area contributed by atoms with E-state index in [0.29, 0.717) is 11.5 Å². The third-order valence-electron chi connectivity index (χ3n) is 6.04. The number of anilines is 1. The number of ether oxygens (including phenoxy) is 1. The molecule has 1 fully saturated rings. The maximum atomic E-state index is 12.4. The number of urea groups is 1. The van der Waals surface area contributed by atoms with Crippen molar-refractivity contribution in [1.82, 2.24) is 15.5 Å². The van der Waals surface area contributed by atoms with Gasteiger partial charge in [-0.1, -0.05) is 53.5 Å². The van der Waals surface area contributed by atoms with Crippen molar-refractivity contribution in [3.63, 3.8) is 0 Å². The fourth-order valence-electron chi connectivity index (χ4n) is 4.14. The molecule has 180 valence electrons. The second-order valence-electron chi connectivity index (χ2n) is 8.30. The number of hydrogen-bond donors (Lipinski definition) is 4. The molecule has 1 aliphatic carbocycles. The molecule has 1 aliphatic heterocycles. The van der Waals surface area contributed by atoms with Crippen molar-refractivity contribution in [3.05, 3.63) is 80.1 Å². The summed E-state index contributed by atoms with van der Waals surface area (Å²) in [5, 5.41) is 23.2. The quantitative estimate of drug-likeness (QED) is 0.408. The number of amidine groups is 1. The van der Waals surface area contributed by atoms with Crippen LogP contribution in [0.2, 0.25) is 10.0 Å². The average molecular weight is 515 g/mol. The number of nitrogens with one attached hydrogen (secondary N) is 2. The van der Waals surface area contributed by atoms with Crippen LogP contribution in [-0.4, -0.2) is 33.4 Å². The van der Waals surface area contributed by atoms with Gasteiger partial charge in [-0.25, -0.2) is 9.89 Å². The molecule has 2 heterocycles. The molecule has 0 radical (unpaired) electrons. The van der Waals surface area contributed by atoms with Gasteiger partial charge < -0.3 is 20.9 Å². The lowest BCUT2D eigenvalue weighted by atomic mass is 9.69. The Morgan fingerprint density at radius 3 is 2.43 bits per heavy atom. The predicted octanol–water partition coefficient (Wildman–Crippen LogP) is 3.65. The zero-order valence-corrected chi connectivity index (χ0v) is 19.6. The summed E-state index contributed by atoms with van der Waals surface area (Å²) in [6.45, 7) is 0. The van der Waals surface area contributed by atoms with Crippen LogP contribution in [0, 0.1) is 0 Å². The van der Waals surface area contributed by atoms with Crippen LogP contribution in [-0.2, 0) is 0 Å². The van der Waals surface area contributed by atoms with Crippen molar-refractivity contribution in [1.29, 1.82) is 0 Å². The second-order valence-corrected chi connectivity index (χ2v) is 9.11. The van der Waals surface area contributed by atoms with E-state index in [1.54, 1.807) is 6.07 Å². The summed E-state index contributed by atoms with van der Waals surface area (Å²) < 4.78 is 5.81. The Hall–Kier alpha value is -3.60. The first-order valence-corrected chi connectivity index (χ1v) is 11.5. The highest BCUT2D eigenvalue weighted by molar-refractivity contribution is 6.37. The number of amides is 2. The van der Waals surface area contributed by atoms with Crippen molar-refractivity contribution in [2.45, 2.75) is 30.9 Å². The van der Waals surface area contributed by atoms with Gasteiger partial charge in [0.15, 0.2) is 17.8 Å². The number of hydrogen-bond acceptors (Lipinski definition) is 7. The minimum Gasteiger partial charge on any atom is -0.434 e. The Balaban J connectivity index is 1.35. The van der Waals surface area contributed by atoms with Gasteiger partial charge in [-0.05, 0) is 42.4 Å². The van der Waals surface area contributed by atoms with Crippen LogP contribution in [0.3, 0.4) is 0 Å². The molecule has 1 unspecified atom stereocenters. The van der Waals surface area contributed by atoms with Gasteiger partial charge in [-0.2, -0.15) is 5.01 Å². The number of H-pyrrole nitrogens is 1. The number of aliphatic hydroxyl groups is 1. The van der Waals surface area contributed by atoms with E-state index < -0.39 is 12.3 Å². The number of halogens is 2. The maximum Gasteiger partial charge on any atom is 0.345 e. The standard InChI is InChI=1S/C23H20Cl2N6O4/c24-16-8-14(31-23(34)27-22(33)20(26)30-31)9-17(25)19(16)35-18-10-15(21(32)29-28-18)13-6-12(7-13)11-4-2-1-3-5-11/h1-5,8-10,12-13,22,33H,6-7H2,(H2,26,30)(H,27,34)(H,29,32)/t12-,13+,22?. The number of aromatic amines is 1. The van der Waals surface area contributed by atoms with E-state index in [1.165, 1.54) is 17.7 Å². The van der Waals surface area contributed by atoms with Crippen LogP contribution in [0.5, 0.6) is 11.6 Å². The smallest absolute Gasteiger partial charge is 0.345 e. The molecule has 1 saturated carbocycles. The van der Waals surface area contributed by atoms with Gasteiger partial charge in [0.2, 0.25) is 5.88 Å². The van der Waals surface area contributed by atoms with Gasteiger partial charge in [0.05, 0.1) is 15.7 Å². The lowest BCUT2D eigenvalue weighted by Gasteiger charge is -2.35. The number of aromatic nitrogens is 2. The van der Waals surface area contributed by atoms with Crippen molar-refractivity contribution < 1.29 is 14.6 Å². The van der Waals surface area contributed by atoms with Crippen molar-refractivity contribution in [2.75, 3.05) is 5.01 Å². The summed E-state index contributed by atoms with van der Waals surface area (Å²) in [7, 11) is 0. The Labute approximate surface area is 209 Å². The number of carbonyl (C=O) groups excluding carboxylic acids is 1. The van der Waals surface area contributed by atoms with Crippen LogP contribution in [0.15, 0.2) is 58.4 Å². The monoisotopic (exact) mass is 514 g/mol. The van der Waals surface area contributed by atoms with Gasteiger partial charge >= 0.3 is 6.03 Å². The van der Waals surface area contributed by atoms with Gasteiger partial charge in [0.25, 0.3) is 5.56 Å². The number of rotatable bonds is 5. The molecule has 0 spiro atoms. The van der Waals surface area contributed by atoms with Gasteiger partial charge in [0, 0.05) is 11.6 Å². The van der Waals surface area contributed by atoms with Crippen LogP contribution in [0.25, 0.3) is 0 Å². The molecule has 5 N–H and O–H groups in total. The van der Waals surface area contributed by atoms with E-state index in [0.717, 1.165) is 17.9 Å². The summed E-state index contributed by atoms with van der Waals surface area (Å²) >= 11 is 12.8. The summed E-state index contributed by atoms with van der Waals surface area (Å²) in [6, 6.07) is 13.9. The second kappa shape index (κ2) is 9.21. The molecule has 2 aromatic carbocycles. The fourth-order valence-corrected chi connectivity index (χ4v) is 4.69. The maximum absolute atomic E-state index is 12.4. The molecule has 0 saturated heterocycles. The van der Waals surface area contributed by atoms with Crippen LogP contribution in [0.4, 0.5) is 10.5 Å². The third-order valence-corrected chi connectivity index (χ3v) is 6.60. The summed E-state index contributed by atoms with van der Waals surface area (Å²) in [4.78, 5) is 24.6. The molecule has 5 rings (SSSR count). The zero-order chi connectivity index (χ0) is 24.7. The zero-order valence-electron chi connectivity index (χ0n) is 18.1. The Morgan fingerprint density at radius 1 is 1.06 bits per heavy atom. The first kappa shape index (κ1) is 23.2. The molecular weight excluding hydrogens is 495 g/mol. The topological polar surface area (TPSA) is 146 Å². The summed E-state index contributed by atoms with van der Waals surface area (Å²) in [5.41, 5.74) is 7.38. The lowest BCUT2D eigenvalue weighted by Crippen LogP contribution is -2.54. The van der Waals surface area contributed by atoms with Crippen LogP contribution < -0.4 is 26.4 Å². The van der Waals surface area contributed by atoms with Crippen LogP contribution in [0.1, 0.15) is 35.8 Å². The molecule has 2 aliphatic rings. The molecule has 12 heteroatoms. The highest BCUT2D eigenvalue weighted by Crippen LogP contribution is 2.47. The van der Waals surface area contributed by atoms with E-state index in [4.69, 9.17) is 33.7 Å². The molecule has 10 nitrogen and oxygen atoms in total. The largest absolute Gasteiger partial charge is 0.434 e. The highest BCUT2D eigenvalue weighted by Gasteiger charge is 2.33. The number of carbonyl (C=O) groups is 1. The predicted molar refractivity (Wildman–Crippen MR) is 131 cm³/mol. The first-order chi connectivity index (χ1) is 16.8. The van der Waals surface area contributed by atoms with Gasteiger partial charge in [-0.3, -0.25) is 4.79 Å². The summed E-state index contributed by atoms with van der Waals surface area (Å²) in [5.74, 6) is 0.499. The molecule has 2 amide bonds. The SMILES string of the molecule is NC1=NN(c2cc(Cl)c(Oc3cc([C@H]4C[C@@H](c5ccccc5)C4)c(=O)[nH]n3)c(Cl)c2)C(=O)NC1O. The molecule has 1 atom stereocenters. The number of nitrogens with two attached hydrogens (primary N) is 1. The Kier molecular flexibility index (Phi) is 6.10. The average Bonchev–Trinajstić information content (AvgIpc) is 2.80. The Bertz CT molecular complexity index is 1350. The van der Waals surface area contributed by atoms with E-state index in [9.17, 15) is 14.7 Å². The number of benzene rings is 2. The molecule has 0 bridgehead atoms. The Morgan fingerprint density at radius 2 is 1.74 bits per heavy atom. The molecule has 3 aromatic rings. The van der Waals surface area contributed by atoms with E-state index in [1.807, 2.05) is 18.2 Å². The van der Waals surface area contributed by atoms with E-state index in [-0.39, 0.29) is 44.7 Å². The number of hydrazone groups is 1. The fraction of sp³-hybridized carbons (Fsp3) is 0.217.